The predicted molar refractivity (Wildman–Crippen MR) is 63.4 cm³/mol. The summed E-state index contributed by atoms with van der Waals surface area (Å²) in [6.45, 7) is 8.67. The van der Waals surface area contributed by atoms with Crippen molar-refractivity contribution < 1.29 is 19.8 Å². The second kappa shape index (κ2) is 9.96. The average molecular weight is 228 g/mol. The lowest BCUT2D eigenvalue weighted by Gasteiger charge is -1.95. The first-order chi connectivity index (χ1) is 7.36. The SMILES string of the molecule is C=C(CCCC)C(=O)O.CC=C(C)C(=O)O. The molecule has 0 unspecified atom stereocenters. The van der Waals surface area contributed by atoms with Crippen LogP contribution in [0.15, 0.2) is 23.8 Å². The summed E-state index contributed by atoms with van der Waals surface area (Å²) in [5.74, 6) is -1.72. The van der Waals surface area contributed by atoms with Crippen LogP contribution in [0, 0.1) is 0 Å². The third-order valence-electron chi connectivity index (χ3n) is 1.90. The molecular formula is C12H20O4. The number of carbonyl (C=O) groups is 2. The molecule has 92 valence electrons. The zero-order valence-electron chi connectivity index (χ0n) is 10.1. The molecule has 0 aliphatic carbocycles. The molecule has 0 bridgehead atoms. The number of rotatable bonds is 5. The second-order valence-electron chi connectivity index (χ2n) is 3.29. The Bertz CT molecular complexity index is 277. The van der Waals surface area contributed by atoms with E-state index in [0.29, 0.717) is 17.6 Å². The van der Waals surface area contributed by atoms with E-state index in [0.717, 1.165) is 12.8 Å². The van der Waals surface area contributed by atoms with Crippen LogP contribution in [0.2, 0.25) is 0 Å². The van der Waals surface area contributed by atoms with Crippen LogP contribution < -0.4 is 0 Å². The highest BCUT2D eigenvalue weighted by molar-refractivity contribution is 5.85. The fourth-order valence-corrected chi connectivity index (χ4v) is 0.621. The fourth-order valence-electron chi connectivity index (χ4n) is 0.621. The normalized spacial score (nSPS) is 10.1. The van der Waals surface area contributed by atoms with E-state index < -0.39 is 11.9 Å². The zero-order chi connectivity index (χ0) is 13.1. The van der Waals surface area contributed by atoms with Gasteiger partial charge in [-0.2, -0.15) is 0 Å². The van der Waals surface area contributed by atoms with Crippen LogP contribution in [-0.4, -0.2) is 22.2 Å². The van der Waals surface area contributed by atoms with Gasteiger partial charge >= 0.3 is 11.9 Å². The average Bonchev–Trinajstić information content (AvgIpc) is 2.25. The van der Waals surface area contributed by atoms with Crippen LogP contribution in [-0.2, 0) is 9.59 Å². The van der Waals surface area contributed by atoms with Gasteiger partial charge in [-0.05, 0) is 26.7 Å². The Morgan fingerprint density at radius 3 is 1.94 bits per heavy atom. The Kier molecular flexibility index (Phi) is 10.5. The Labute approximate surface area is 96.3 Å². The summed E-state index contributed by atoms with van der Waals surface area (Å²) in [5, 5.41) is 16.4. The topological polar surface area (TPSA) is 74.6 Å². The standard InChI is InChI=1S/C7H12O2.C5H8O2/c1-3-4-5-6(2)7(8)9;1-3-4(2)5(6)7/h2-5H2,1H3,(H,8,9);3H,1-2H3,(H,6,7). The van der Waals surface area contributed by atoms with E-state index in [2.05, 4.69) is 6.58 Å². The van der Waals surface area contributed by atoms with Gasteiger partial charge in [-0.1, -0.05) is 26.0 Å². The fraction of sp³-hybridized carbons (Fsp3) is 0.500. The summed E-state index contributed by atoms with van der Waals surface area (Å²) < 4.78 is 0. The van der Waals surface area contributed by atoms with Crippen molar-refractivity contribution in [2.45, 2.75) is 40.0 Å². The number of unbranched alkanes of at least 4 members (excludes halogenated alkanes) is 1. The van der Waals surface area contributed by atoms with Crippen molar-refractivity contribution in [1.82, 2.24) is 0 Å². The highest BCUT2D eigenvalue weighted by Crippen LogP contribution is 2.03. The van der Waals surface area contributed by atoms with Crippen LogP contribution in [0.25, 0.3) is 0 Å². The number of hydrogen-bond donors (Lipinski definition) is 2. The summed E-state index contributed by atoms with van der Waals surface area (Å²) in [7, 11) is 0. The van der Waals surface area contributed by atoms with Gasteiger partial charge in [0.2, 0.25) is 0 Å². The quantitative estimate of drug-likeness (QED) is 0.709. The van der Waals surface area contributed by atoms with Gasteiger partial charge in [0, 0.05) is 11.1 Å². The number of carboxylic acids is 2. The molecule has 0 heterocycles. The van der Waals surface area contributed by atoms with Gasteiger partial charge in [-0.15, -0.1) is 0 Å². The molecule has 0 spiro atoms. The van der Waals surface area contributed by atoms with Gasteiger partial charge in [0.1, 0.15) is 0 Å². The highest BCUT2D eigenvalue weighted by atomic mass is 16.4. The molecule has 4 nitrogen and oxygen atoms in total. The van der Waals surface area contributed by atoms with Crippen LogP contribution >= 0.6 is 0 Å². The minimum absolute atomic E-state index is 0.317. The first-order valence-corrected chi connectivity index (χ1v) is 5.14. The molecule has 0 amide bonds. The largest absolute Gasteiger partial charge is 0.478 e. The summed E-state index contributed by atoms with van der Waals surface area (Å²) in [6.07, 6.45) is 4.12. The van der Waals surface area contributed by atoms with Crippen LogP contribution in [0.4, 0.5) is 0 Å². The van der Waals surface area contributed by atoms with Crippen molar-refractivity contribution >= 4 is 11.9 Å². The van der Waals surface area contributed by atoms with Crippen LogP contribution in [0.3, 0.4) is 0 Å². The van der Waals surface area contributed by atoms with Gasteiger partial charge in [-0.25, -0.2) is 9.59 Å². The van der Waals surface area contributed by atoms with Gasteiger partial charge in [0.05, 0.1) is 0 Å². The maximum atomic E-state index is 10.1. The molecule has 16 heavy (non-hydrogen) atoms. The van der Waals surface area contributed by atoms with Crippen molar-refractivity contribution in [1.29, 1.82) is 0 Å². The lowest BCUT2D eigenvalue weighted by Crippen LogP contribution is -1.97. The lowest BCUT2D eigenvalue weighted by molar-refractivity contribution is -0.133. The molecule has 0 saturated carbocycles. The van der Waals surface area contributed by atoms with Gasteiger partial charge in [0.15, 0.2) is 0 Å². The molecule has 0 aromatic rings. The monoisotopic (exact) mass is 228 g/mol. The van der Waals surface area contributed by atoms with Crippen molar-refractivity contribution in [3.05, 3.63) is 23.8 Å². The molecule has 0 aliphatic rings. The molecule has 0 radical (unpaired) electrons. The zero-order valence-corrected chi connectivity index (χ0v) is 10.1. The van der Waals surface area contributed by atoms with E-state index in [-0.39, 0.29) is 0 Å². The summed E-state index contributed by atoms with van der Waals surface area (Å²) in [5.41, 5.74) is 0.705. The first-order valence-electron chi connectivity index (χ1n) is 5.14. The Hall–Kier alpha value is -1.58. The van der Waals surface area contributed by atoms with E-state index in [9.17, 15) is 9.59 Å². The minimum Gasteiger partial charge on any atom is -0.478 e. The second-order valence-corrected chi connectivity index (χ2v) is 3.29. The number of carboxylic acid groups (broad SMARTS) is 2. The smallest absolute Gasteiger partial charge is 0.330 e. The highest BCUT2D eigenvalue weighted by Gasteiger charge is 2.00. The van der Waals surface area contributed by atoms with E-state index >= 15 is 0 Å². The molecule has 2 N–H and O–H groups in total. The van der Waals surface area contributed by atoms with Crippen molar-refractivity contribution in [3.63, 3.8) is 0 Å². The summed E-state index contributed by atoms with van der Waals surface area (Å²) in [4.78, 5) is 20.0. The van der Waals surface area contributed by atoms with E-state index in [4.69, 9.17) is 10.2 Å². The molecule has 0 aromatic heterocycles. The summed E-state index contributed by atoms with van der Waals surface area (Å²) in [6, 6.07) is 0. The molecule has 0 fully saturated rings. The van der Waals surface area contributed by atoms with Crippen molar-refractivity contribution in [2.24, 2.45) is 0 Å². The third-order valence-corrected chi connectivity index (χ3v) is 1.90. The van der Waals surface area contributed by atoms with Gasteiger partial charge in [-0.3, -0.25) is 0 Å². The molecule has 4 heteroatoms. The van der Waals surface area contributed by atoms with Gasteiger partial charge in [0.25, 0.3) is 0 Å². The molecule has 0 atom stereocenters. The Balaban J connectivity index is 0. The molecule has 0 aliphatic heterocycles. The van der Waals surface area contributed by atoms with Crippen molar-refractivity contribution in [2.75, 3.05) is 0 Å². The molecular weight excluding hydrogens is 208 g/mol. The van der Waals surface area contributed by atoms with Crippen molar-refractivity contribution in [3.8, 4) is 0 Å². The minimum atomic E-state index is -0.872. The van der Waals surface area contributed by atoms with Gasteiger partial charge < -0.3 is 10.2 Å². The molecule has 0 rings (SSSR count). The maximum Gasteiger partial charge on any atom is 0.330 e. The van der Waals surface area contributed by atoms with Crippen LogP contribution in [0.5, 0.6) is 0 Å². The number of allylic oxidation sites excluding steroid dienone is 1. The van der Waals surface area contributed by atoms with E-state index in [1.807, 2.05) is 6.92 Å². The number of aliphatic carboxylic acids is 2. The third kappa shape index (κ3) is 10.5. The molecule has 0 aromatic carbocycles. The van der Waals surface area contributed by atoms with E-state index in [1.54, 1.807) is 19.9 Å². The molecule has 0 saturated heterocycles. The lowest BCUT2D eigenvalue weighted by atomic mass is 10.1. The predicted octanol–water partition coefficient (Wildman–Crippen LogP) is 2.85. The van der Waals surface area contributed by atoms with E-state index in [1.165, 1.54) is 0 Å². The summed E-state index contributed by atoms with van der Waals surface area (Å²) >= 11 is 0. The Morgan fingerprint density at radius 1 is 1.25 bits per heavy atom. The van der Waals surface area contributed by atoms with Crippen LogP contribution in [0.1, 0.15) is 40.0 Å². The Morgan fingerprint density at radius 2 is 1.75 bits per heavy atom. The number of hydrogen-bond acceptors (Lipinski definition) is 2. The maximum absolute atomic E-state index is 10.1. The first kappa shape index (κ1) is 16.8.